The minimum atomic E-state index is -0.354. The maximum absolute atomic E-state index is 11.7. The number of rotatable bonds is 1. The first-order valence-electron chi connectivity index (χ1n) is 5.07. The van der Waals surface area contributed by atoms with Gasteiger partial charge in [-0.25, -0.2) is 0 Å². The Morgan fingerprint density at radius 1 is 1.27 bits per heavy atom. The van der Waals surface area contributed by atoms with E-state index in [-0.39, 0.29) is 11.5 Å². The van der Waals surface area contributed by atoms with E-state index < -0.39 is 0 Å². The SMILES string of the molecule is CC(C)(C)ON1C(=O)Cc2ccccc21. The molecule has 2 rings (SSSR count). The van der Waals surface area contributed by atoms with Crippen LogP contribution in [0.1, 0.15) is 26.3 Å². The molecule has 0 saturated carbocycles. The van der Waals surface area contributed by atoms with Crippen molar-refractivity contribution < 1.29 is 9.63 Å². The number of benzene rings is 1. The van der Waals surface area contributed by atoms with E-state index >= 15 is 0 Å². The Hall–Kier alpha value is -1.35. The van der Waals surface area contributed by atoms with Crippen LogP contribution < -0.4 is 5.06 Å². The third kappa shape index (κ3) is 2.02. The molecule has 0 N–H and O–H groups in total. The second-order valence-corrected chi connectivity index (χ2v) is 4.70. The number of amides is 1. The first-order valence-corrected chi connectivity index (χ1v) is 5.07. The zero-order valence-electron chi connectivity index (χ0n) is 9.28. The van der Waals surface area contributed by atoms with E-state index in [2.05, 4.69) is 0 Å². The van der Waals surface area contributed by atoms with Gasteiger partial charge in [-0.3, -0.25) is 9.63 Å². The van der Waals surface area contributed by atoms with Crippen LogP contribution in [0.15, 0.2) is 24.3 Å². The zero-order chi connectivity index (χ0) is 11.1. The summed E-state index contributed by atoms with van der Waals surface area (Å²) in [4.78, 5) is 17.3. The Kier molecular flexibility index (Phi) is 2.27. The van der Waals surface area contributed by atoms with Gasteiger partial charge in [-0.05, 0) is 32.4 Å². The number of fused-ring (bicyclic) bond motifs is 1. The van der Waals surface area contributed by atoms with Crippen molar-refractivity contribution in [2.24, 2.45) is 0 Å². The van der Waals surface area contributed by atoms with Gasteiger partial charge < -0.3 is 0 Å². The molecule has 3 nitrogen and oxygen atoms in total. The molecule has 3 heteroatoms. The van der Waals surface area contributed by atoms with Crippen molar-refractivity contribution in [3.8, 4) is 0 Å². The van der Waals surface area contributed by atoms with Crippen LogP contribution in [0.2, 0.25) is 0 Å². The highest BCUT2D eigenvalue weighted by atomic mass is 16.7. The number of anilines is 1. The third-order valence-corrected chi connectivity index (χ3v) is 2.14. The van der Waals surface area contributed by atoms with Crippen molar-refractivity contribution in [1.82, 2.24) is 0 Å². The van der Waals surface area contributed by atoms with Crippen molar-refractivity contribution in [2.75, 3.05) is 5.06 Å². The number of carbonyl (C=O) groups excluding carboxylic acids is 1. The van der Waals surface area contributed by atoms with Crippen LogP contribution in [-0.4, -0.2) is 11.5 Å². The molecular weight excluding hydrogens is 190 g/mol. The van der Waals surface area contributed by atoms with E-state index in [0.29, 0.717) is 6.42 Å². The number of nitrogens with zero attached hydrogens (tertiary/aromatic N) is 1. The summed E-state index contributed by atoms with van der Waals surface area (Å²) in [6.07, 6.45) is 0.437. The van der Waals surface area contributed by atoms with Crippen LogP contribution >= 0.6 is 0 Å². The smallest absolute Gasteiger partial charge is 0.255 e. The summed E-state index contributed by atoms with van der Waals surface area (Å²) in [6.45, 7) is 5.80. The molecule has 0 fully saturated rings. The second kappa shape index (κ2) is 3.35. The minimum absolute atomic E-state index is 0.00567. The minimum Gasteiger partial charge on any atom is -0.272 e. The lowest BCUT2D eigenvalue weighted by Crippen LogP contribution is -2.36. The lowest BCUT2D eigenvalue weighted by atomic mass is 10.2. The van der Waals surface area contributed by atoms with Crippen LogP contribution in [0.4, 0.5) is 5.69 Å². The standard InChI is InChI=1S/C12H15NO2/c1-12(2,3)15-13-10-7-5-4-6-9(10)8-11(13)14/h4-7H,8H2,1-3H3. The normalized spacial score (nSPS) is 15.7. The molecule has 0 radical (unpaired) electrons. The maximum Gasteiger partial charge on any atom is 0.255 e. The number of hydroxylamine groups is 1. The fraction of sp³-hybridized carbons (Fsp3) is 0.417. The van der Waals surface area contributed by atoms with E-state index in [4.69, 9.17) is 4.84 Å². The average Bonchev–Trinajstić information content (AvgIpc) is 2.41. The van der Waals surface area contributed by atoms with E-state index in [1.807, 2.05) is 45.0 Å². The summed E-state index contributed by atoms with van der Waals surface area (Å²) in [5.74, 6) is 0.00567. The number of hydrogen-bond donors (Lipinski definition) is 0. The van der Waals surface area contributed by atoms with Gasteiger partial charge in [0.15, 0.2) is 0 Å². The van der Waals surface area contributed by atoms with E-state index in [9.17, 15) is 4.79 Å². The van der Waals surface area contributed by atoms with Crippen LogP contribution in [-0.2, 0) is 16.1 Å². The molecule has 0 spiro atoms. The summed E-state index contributed by atoms with van der Waals surface area (Å²) in [5.41, 5.74) is 1.55. The van der Waals surface area contributed by atoms with Crippen LogP contribution in [0.5, 0.6) is 0 Å². The lowest BCUT2D eigenvalue weighted by Gasteiger charge is -2.26. The molecular formula is C12H15NO2. The Morgan fingerprint density at radius 2 is 1.93 bits per heavy atom. The Labute approximate surface area is 89.6 Å². The predicted molar refractivity (Wildman–Crippen MR) is 58.5 cm³/mol. The molecule has 1 amide bonds. The molecule has 1 aliphatic rings. The monoisotopic (exact) mass is 205 g/mol. The zero-order valence-corrected chi connectivity index (χ0v) is 9.28. The maximum atomic E-state index is 11.7. The van der Waals surface area contributed by atoms with Gasteiger partial charge in [0.05, 0.1) is 17.7 Å². The molecule has 0 atom stereocenters. The van der Waals surface area contributed by atoms with Gasteiger partial charge in [-0.2, -0.15) is 5.06 Å². The fourth-order valence-corrected chi connectivity index (χ4v) is 1.60. The van der Waals surface area contributed by atoms with Gasteiger partial charge in [-0.15, -0.1) is 0 Å². The molecule has 1 aromatic rings. The summed E-state index contributed by atoms with van der Waals surface area (Å²) < 4.78 is 0. The summed E-state index contributed by atoms with van der Waals surface area (Å²) in [6, 6.07) is 7.72. The molecule has 1 aromatic carbocycles. The highest BCUT2D eigenvalue weighted by Gasteiger charge is 2.31. The van der Waals surface area contributed by atoms with Crippen LogP contribution in [0.25, 0.3) is 0 Å². The predicted octanol–water partition coefficient (Wildman–Crippen LogP) is 2.31. The second-order valence-electron chi connectivity index (χ2n) is 4.70. The molecule has 1 aliphatic heterocycles. The average molecular weight is 205 g/mol. The van der Waals surface area contributed by atoms with Crippen LogP contribution in [0.3, 0.4) is 0 Å². The van der Waals surface area contributed by atoms with Gasteiger partial charge in [0.25, 0.3) is 5.91 Å². The van der Waals surface area contributed by atoms with Crippen LogP contribution in [0, 0.1) is 0 Å². The highest BCUT2D eigenvalue weighted by Crippen LogP contribution is 2.30. The van der Waals surface area contributed by atoms with E-state index in [1.54, 1.807) is 0 Å². The molecule has 80 valence electrons. The largest absolute Gasteiger partial charge is 0.272 e. The summed E-state index contributed by atoms with van der Waals surface area (Å²) in [5, 5.41) is 1.41. The number of hydrogen-bond acceptors (Lipinski definition) is 2. The van der Waals surface area contributed by atoms with Gasteiger partial charge >= 0.3 is 0 Å². The molecule has 0 unspecified atom stereocenters. The Bertz CT molecular complexity index is 393. The summed E-state index contributed by atoms with van der Waals surface area (Å²) in [7, 11) is 0. The van der Waals surface area contributed by atoms with Gasteiger partial charge in [0.2, 0.25) is 0 Å². The van der Waals surface area contributed by atoms with Crippen molar-refractivity contribution in [2.45, 2.75) is 32.8 Å². The molecule has 0 bridgehead atoms. The molecule has 15 heavy (non-hydrogen) atoms. The third-order valence-electron chi connectivity index (χ3n) is 2.14. The van der Waals surface area contributed by atoms with Crippen molar-refractivity contribution in [3.05, 3.63) is 29.8 Å². The molecule has 1 heterocycles. The van der Waals surface area contributed by atoms with Crippen molar-refractivity contribution in [1.29, 1.82) is 0 Å². The Morgan fingerprint density at radius 3 is 2.60 bits per heavy atom. The molecule has 0 saturated heterocycles. The lowest BCUT2D eigenvalue weighted by molar-refractivity contribution is -0.130. The first kappa shape index (κ1) is 10.2. The van der Waals surface area contributed by atoms with Gasteiger partial charge in [0.1, 0.15) is 0 Å². The van der Waals surface area contributed by atoms with E-state index in [0.717, 1.165) is 11.3 Å². The van der Waals surface area contributed by atoms with E-state index in [1.165, 1.54) is 5.06 Å². The van der Waals surface area contributed by atoms with Gasteiger partial charge in [-0.1, -0.05) is 18.2 Å². The first-order chi connectivity index (χ1) is 6.97. The quantitative estimate of drug-likeness (QED) is 0.704. The molecule has 0 aromatic heterocycles. The Balaban J connectivity index is 2.30. The van der Waals surface area contributed by atoms with Gasteiger partial charge in [0, 0.05) is 0 Å². The topological polar surface area (TPSA) is 29.5 Å². The molecule has 0 aliphatic carbocycles. The van der Waals surface area contributed by atoms with Crippen molar-refractivity contribution in [3.63, 3.8) is 0 Å². The fourth-order valence-electron chi connectivity index (χ4n) is 1.60. The number of carbonyl (C=O) groups is 1. The number of para-hydroxylation sites is 1. The highest BCUT2D eigenvalue weighted by molar-refractivity contribution is 5.99. The van der Waals surface area contributed by atoms with Crippen molar-refractivity contribution >= 4 is 11.6 Å². The summed E-state index contributed by atoms with van der Waals surface area (Å²) >= 11 is 0.